The third-order valence-electron chi connectivity index (χ3n) is 8.84. The van der Waals surface area contributed by atoms with Crippen molar-refractivity contribution in [3.63, 3.8) is 0 Å². The van der Waals surface area contributed by atoms with E-state index < -0.39 is 29.9 Å². The summed E-state index contributed by atoms with van der Waals surface area (Å²) in [4.78, 5) is 43.5. The Hall–Kier alpha value is -5.08. The number of halogens is 1. The molecule has 4 N–H and O–H groups in total. The maximum atomic E-state index is 14.4. The van der Waals surface area contributed by atoms with E-state index in [1.165, 1.54) is 29.2 Å². The third-order valence-corrected chi connectivity index (χ3v) is 8.84. The molecular weight excluding hydrogens is 661 g/mol. The molecular formula is C37H46FN5O8. The Labute approximate surface area is 297 Å². The molecule has 4 atom stereocenters. The number of amides is 5. The third kappa shape index (κ3) is 10.0. The van der Waals surface area contributed by atoms with Gasteiger partial charge in [-0.3, -0.25) is 4.79 Å². The number of rotatable bonds is 7. The standard InChI is InChI=1S/C37H46FN5O8/c1-23-19-43(24(2)21-44)35(45)30-17-28(40-36(46)39-27-10-8-26(38)9-11-27)12-14-31(30)51-25(3)7-5-6-16-48-34(23)20-42(4)37(47)41-29-13-15-32-33(18-29)50-22-49-32/h8-15,17-18,23-25,34,44H,5-7,16,19-22H2,1-4H3,(H,41,47)(H2,39,40,46)/t23-,24+,25+,34-/m1/s1. The minimum atomic E-state index is -0.579. The van der Waals surface area contributed by atoms with Gasteiger partial charge in [-0.25, -0.2) is 14.0 Å². The molecule has 2 heterocycles. The largest absolute Gasteiger partial charge is 0.490 e. The van der Waals surface area contributed by atoms with Gasteiger partial charge in [0.2, 0.25) is 6.79 Å². The van der Waals surface area contributed by atoms with Gasteiger partial charge < -0.3 is 49.8 Å². The quantitative estimate of drug-likeness (QED) is 0.228. The van der Waals surface area contributed by atoms with Crippen LogP contribution >= 0.6 is 0 Å². The van der Waals surface area contributed by atoms with E-state index in [1.54, 1.807) is 55.3 Å². The second-order valence-electron chi connectivity index (χ2n) is 13.0. The summed E-state index contributed by atoms with van der Waals surface area (Å²) in [5, 5.41) is 18.5. The summed E-state index contributed by atoms with van der Waals surface area (Å²) in [6.45, 7) is 6.33. The van der Waals surface area contributed by atoms with Crippen LogP contribution in [-0.2, 0) is 4.74 Å². The molecule has 5 rings (SSSR count). The summed E-state index contributed by atoms with van der Waals surface area (Å²) in [5.74, 6) is 0.422. The Morgan fingerprint density at radius 1 is 0.941 bits per heavy atom. The van der Waals surface area contributed by atoms with Gasteiger partial charge in [0.05, 0.1) is 30.4 Å². The summed E-state index contributed by atoms with van der Waals surface area (Å²) in [5.41, 5.74) is 1.50. The topological polar surface area (TPSA) is 151 Å². The Morgan fingerprint density at radius 2 is 1.61 bits per heavy atom. The molecule has 51 heavy (non-hydrogen) atoms. The van der Waals surface area contributed by atoms with Crippen LogP contribution in [0.15, 0.2) is 60.7 Å². The second kappa shape index (κ2) is 17.2. The van der Waals surface area contributed by atoms with Crippen molar-refractivity contribution in [1.29, 1.82) is 0 Å². The number of carbonyl (C=O) groups is 3. The number of likely N-dealkylation sites (N-methyl/N-ethyl adjacent to an activating group) is 1. The molecule has 3 aromatic carbocycles. The number of nitrogens with one attached hydrogen (secondary N) is 3. The highest BCUT2D eigenvalue weighted by Gasteiger charge is 2.31. The number of benzene rings is 3. The van der Waals surface area contributed by atoms with Gasteiger partial charge in [-0.15, -0.1) is 0 Å². The fourth-order valence-electron chi connectivity index (χ4n) is 5.84. The summed E-state index contributed by atoms with van der Waals surface area (Å²) < 4.78 is 36.8. The first-order chi connectivity index (χ1) is 24.5. The predicted octanol–water partition coefficient (Wildman–Crippen LogP) is 6.16. The highest BCUT2D eigenvalue weighted by atomic mass is 19.1. The number of aliphatic hydroxyl groups excluding tert-OH is 1. The maximum absolute atomic E-state index is 14.4. The lowest BCUT2D eigenvalue weighted by Gasteiger charge is -2.35. The molecule has 14 heteroatoms. The van der Waals surface area contributed by atoms with Gasteiger partial charge in [0.1, 0.15) is 11.6 Å². The molecule has 0 aliphatic carbocycles. The molecule has 0 unspecified atom stereocenters. The van der Waals surface area contributed by atoms with Gasteiger partial charge in [0.15, 0.2) is 11.5 Å². The molecule has 5 amide bonds. The zero-order chi connectivity index (χ0) is 36.5. The SMILES string of the molecule is C[C@@H]1CN([C@@H](C)CO)C(=O)c2cc(NC(=O)Nc3ccc(F)cc3)ccc2O[C@@H](C)CCCCO[C@@H]1CN(C)C(=O)Nc1ccc2c(c1)OCO2. The van der Waals surface area contributed by atoms with Crippen molar-refractivity contribution in [2.75, 3.05) is 56.1 Å². The number of urea groups is 2. The van der Waals surface area contributed by atoms with Crippen LogP contribution in [0, 0.1) is 11.7 Å². The van der Waals surface area contributed by atoms with Gasteiger partial charge >= 0.3 is 12.1 Å². The van der Waals surface area contributed by atoms with Crippen LogP contribution in [0.4, 0.5) is 31.0 Å². The van der Waals surface area contributed by atoms with E-state index in [1.807, 2.05) is 13.8 Å². The Kier molecular flexibility index (Phi) is 12.6. The summed E-state index contributed by atoms with van der Waals surface area (Å²) in [7, 11) is 1.68. The van der Waals surface area contributed by atoms with E-state index >= 15 is 0 Å². The van der Waals surface area contributed by atoms with E-state index in [0.29, 0.717) is 47.3 Å². The number of carbonyl (C=O) groups excluding carboxylic acids is 3. The van der Waals surface area contributed by atoms with Crippen LogP contribution < -0.4 is 30.2 Å². The molecule has 0 radical (unpaired) electrons. The zero-order valence-corrected chi connectivity index (χ0v) is 29.3. The average molecular weight is 708 g/mol. The molecule has 2 aliphatic heterocycles. The monoisotopic (exact) mass is 707 g/mol. The van der Waals surface area contributed by atoms with Crippen LogP contribution in [0.25, 0.3) is 0 Å². The molecule has 0 fully saturated rings. The molecule has 0 aromatic heterocycles. The number of hydrogen-bond donors (Lipinski definition) is 4. The maximum Gasteiger partial charge on any atom is 0.323 e. The first-order valence-electron chi connectivity index (χ1n) is 17.1. The molecule has 0 bridgehead atoms. The molecule has 2 aliphatic rings. The molecule has 13 nitrogen and oxygen atoms in total. The predicted molar refractivity (Wildman–Crippen MR) is 190 cm³/mol. The van der Waals surface area contributed by atoms with Gasteiger partial charge in [-0.1, -0.05) is 6.92 Å². The highest BCUT2D eigenvalue weighted by molar-refractivity contribution is 6.02. The van der Waals surface area contributed by atoms with E-state index in [9.17, 15) is 23.9 Å². The van der Waals surface area contributed by atoms with Crippen molar-refractivity contribution < 1.29 is 42.8 Å². The van der Waals surface area contributed by atoms with E-state index in [-0.39, 0.29) is 50.1 Å². The van der Waals surface area contributed by atoms with Crippen LogP contribution in [-0.4, -0.2) is 91.3 Å². The number of aliphatic hydroxyl groups is 1. The zero-order valence-electron chi connectivity index (χ0n) is 29.3. The van der Waals surface area contributed by atoms with Crippen LogP contribution in [0.1, 0.15) is 50.4 Å². The molecule has 0 saturated heterocycles. The number of fused-ring (bicyclic) bond motifs is 2. The van der Waals surface area contributed by atoms with Crippen LogP contribution in [0.3, 0.4) is 0 Å². The fraction of sp³-hybridized carbons (Fsp3) is 0.432. The summed E-state index contributed by atoms with van der Waals surface area (Å²) >= 11 is 0. The first-order valence-corrected chi connectivity index (χ1v) is 17.1. The highest BCUT2D eigenvalue weighted by Crippen LogP contribution is 2.34. The van der Waals surface area contributed by atoms with E-state index in [0.717, 1.165) is 12.8 Å². The van der Waals surface area contributed by atoms with Gasteiger partial charge in [0, 0.05) is 55.8 Å². The smallest absolute Gasteiger partial charge is 0.323 e. The van der Waals surface area contributed by atoms with Crippen LogP contribution in [0.5, 0.6) is 17.2 Å². The lowest BCUT2D eigenvalue weighted by atomic mass is 10.0. The van der Waals surface area contributed by atoms with Crippen molar-refractivity contribution in [1.82, 2.24) is 9.80 Å². The number of ether oxygens (including phenoxy) is 4. The number of hydrogen-bond acceptors (Lipinski definition) is 8. The van der Waals surface area contributed by atoms with Gasteiger partial charge in [-0.2, -0.15) is 0 Å². The van der Waals surface area contributed by atoms with Crippen molar-refractivity contribution in [2.45, 2.75) is 58.3 Å². The minimum Gasteiger partial charge on any atom is -0.490 e. The summed E-state index contributed by atoms with van der Waals surface area (Å²) in [6, 6.07) is 13.9. The molecule has 3 aromatic rings. The first kappa shape index (κ1) is 37.2. The van der Waals surface area contributed by atoms with Crippen molar-refractivity contribution >= 4 is 35.0 Å². The molecule has 274 valence electrons. The molecule has 0 spiro atoms. The van der Waals surface area contributed by atoms with Gasteiger partial charge in [-0.05, 0) is 87.7 Å². The Bertz CT molecular complexity index is 1680. The lowest BCUT2D eigenvalue weighted by molar-refractivity contribution is -0.0115. The molecule has 0 saturated carbocycles. The minimum absolute atomic E-state index is 0.129. The average Bonchev–Trinajstić information content (AvgIpc) is 3.58. The number of anilines is 3. The van der Waals surface area contributed by atoms with E-state index in [2.05, 4.69) is 16.0 Å². The summed E-state index contributed by atoms with van der Waals surface area (Å²) in [6.07, 6.45) is 1.59. The fourth-order valence-corrected chi connectivity index (χ4v) is 5.84. The van der Waals surface area contributed by atoms with Crippen LogP contribution in [0.2, 0.25) is 0 Å². The normalized spacial score (nSPS) is 19.9. The lowest BCUT2D eigenvalue weighted by Crippen LogP contribution is -2.48. The number of nitrogens with zero attached hydrogens (tertiary/aromatic N) is 2. The Morgan fingerprint density at radius 3 is 2.35 bits per heavy atom. The van der Waals surface area contributed by atoms with Crippen molar-refractivity contribution in [2.24, 2.45) is 5.92 Å². The van der Waals surface area contributed by atoms with E-state index in [4.69, 9.17) is 18.9 Å². The second-order valence-corrected chi connectivity index (χ2v) is 13.0. The van der Waals surface area contributed by atoms with Gasteiger partial charge in [0.25, 0.3) is 5.91 Å². The van der Waals surface area contributed by atoms with Crippen molar-refractivity contribution in [3.05, 3.63) is 72.0 Å². The van der Waals surface area contributed by atoms with Crippen molar-refractivity contribution in [3.8, 4) is 17.2 Å². The Balaban J connectivity index is 1.34.